The highest BCUT2D eigenvalue weighted by molar-refractivity contribution is 7.15. The SMILES string of the molecule is Cc1ccc(Cc2nnc(NC(=O)N3CCCC(c4nc(C)no4)C3)s2)cc1. The fraction of sp³-hybridized carbons (Fsp3) is 0.421. The summed E-state index contributed by atoms with van der Waals surface area (Å²) in [6.45, 7) is 5.12. The van der Waals surface area contributed by atoms with Gasteiger partial charge in [-0.25, -0.2) is 4.79 Å². The Morgan fingerprint density at radius 1 is 1.29 bits per heavy atom. The van der Waals surface area contributed by atoms with Crippen LogP contribution in [0.1, 0.15) is 46.6 Å². The smallest absolute Gasteiger partial charge is 0.323 e. The average Bonchev–Trinajstić information content (AvgIpc) is 3.33. The Morgan fingerprint density at radius 2 is 2.11 bits per heavy atom. The maximum absolute atomic E-state index is 12.6. The molecule has 28 heavy (non-hydrogen) atoms. The molecule has 1 aromatic carbocycles. The van der Waals surface area contributed by atoms with Crippen LogP contribution in [-0.4, -0.2) is 44.4 Å². The third kappa shape index (κ3) is 4.36. The molecule has 0 saturated carbocycles. The number of likely N-dealkylation sites (tertiary alicyclic amines) is 1. The van der Waals surface area contributed by atoms with E-state index >= 15 is 0 Å². The highest BCUT2D eigenvalue weighted by Crippen LogP contribution is 2.26. The molecule has 8 nitrogen and oxygen atoms in total. The number of anilines is 1. The Labute approximate surface area is 167 Å². The van der Waals surface area contributed by atoms with Gasteiger partial charge in [-0.1, -0.05) is 46.3 Å². The minimum absolute atomic E-state index is 0.0761. The zero-order valence-corrected chi connectivity index (χ0v) is 16.7. The lowest BCUT2D eigenvalue weighted by Crippen LogP contribution is -2.41. The van der Waals surface area contributed by atoms with E-state index in [0.717, 1.165) is 17.8 Å². The van der Waals surface area contributed by atoms with Crippen LogP contribution in [0.15, 0.2) is 28.8 Å². The predicted molar refractivity (Wildman–Crippen MR) is 105 cm³/mol. The van der Waals surface area contributed by atoms with Crippen molar-refractivity contribution in [2.75, 3.05) is 18.4 Å². The molecule has 1 saturated heterocycles. The number of urea groups is 1. The van der Waals surface area contributed by atoms with Crippen molar-refractivity contribution in [3.63, 3.8) is 0 Å². The highest BCUT2D eigenvalue weighted by atomic mass is 32.1. The lowest BCUT2D eigenvalue weighted by Gasteiger charge is -2.30. The van der Waals surface area contributed by atoms with E-state index in [-0.39, 0.29) is 11.9 Å². The molecule has 3 aromatic rings. The molecule has 2 aromatic heterocycles. The van der Waals surface area contributed by atoms with Gasteiger partial charge in [-0.3, -0.25) is 5.32 Å². The van der Waals surface area contributed by atoms with E-state index < -0.39 is 0 Å². The lowest BCUT2D eigenvalue weighted by molar-refractivity contribution is 0.184. The second kappa shape index (κ2) is 8.05. The van der Waals surface area contributed by atoms with E-state index in [2.05, 4.69) is 56.8 Å². The van der Waals surface area contributed by atoms with Gasteiger partial charge in [0.15, 0.2) is 5.82 Å². The minimum Gasteiger partial charge on any atom is -0.339 e. The topological polar surface area (TPSA) is 97.0 Å². The molecule has 1 unspecified atom stereocenters. The molecule has 1 fully saturated rings. The number of amides is 2. The number of hydrogen-bond acceptors (Lipinski definition) is 7. The standard InChI is InChI=1S/C19H22N6O2S/c1-12-5-7-14(8-6-12)10-16-22-23-18(28-16)21-19(26)25-9-3-4-15(11-25)17-20-13(2)24-27-17/h5-8,15H,3-4,9-11H2,1-2H3,(H,21,23,26). The number of aryl methyl sites for hydroxylation is 2. The first-order valence-electron chi connectivity index (χ1n) is 9.31. The van der Waals surface area contributed by atoms with E-state index in [9.17, 15) is 4.79 Å². The number of carbonyl (C=O) groups excluding carboxylic acids is 1. The molecule has 0 aliphatic carbocycles. The Morgan fingerprint density at radius 3 is 2.86 bits per heavy atom. The Bertz CT molecular complexity index is 952. The van der Waals surface area contributed by atoms with E-state index in [1.807, 2.05) is 0 Å². The van der Waals surface area contributed by atoms with Crippen molar-refractivity contribution in [2.45, 2.75) is 39.0 Å². The van der Waals surface area contributed by atoms with Gasteiger partial charge in [-0.15, -0.1) is 10.2 Å². The molecule has 1 N–H and O–H groups in total. The normalized spacial score (nSPS) is 16.9. The van der Waals surface area contributed by atoms with Gasteiger partial charge in [0.1, 0.15) is 5.01 Å². The van der Waals surface area contributed by atoms with Crippen molar-refractivity contribution in [2.24, 2.45) is 0 Å². The zero-order valence-electron chi connectivity index (χ0n) is 15.9. The van der Waals surface area contributed by atoms with Crippen LogP contribution in [0.2, 0.25) is 0 Å². The summed E-state index contributed by atoms with van der Waals surface area (Å²) in [6.07, 6.45) is 2.54. The van der Waals surface area contributed by atoms with Crippen molar-refractivity contribution >= 4 is 22.5 Å². The molecule has 1 aliphatic heterocycles. The Hall–Kier alpha value is -2.81. The molecular formula is C19H22N6O2S. The number of aromatic nitrogens is 4. The third-order valence-electron chi connectivity index (χ3n) is 4.76. The largest absolute Gasteiger partial charge is 0.339 e. The summed E-state index contributed by atoms with van der Waals surface area (Å²) in [4.78, 5) is 18.7. The number of carbonyl (C=O) groups is 1. The monoisotopic (exact) mass is 398 g/mol. The summed E-state index contributed by atoms with van der Waals surface area (Å²) in [7, 11) is 0. The van der Waals surface area contributed by atoms with Gasteiger partial charge in [0, 0.05) is 19.5 Å². The predicted octanol–water partition coefficient (Wildman–Crippen LogP) is 3.54. The summed E-state index contributed by atoms with van der Waals surface area (Å²) in [5.41, 5.74) is 2.40. The van der Waals surface area contributed by atoms with Gasteiger partial charge in [0.2, 0.25) is 11.0 Å². The lowest BCUT2D eigenvalue weighted by atomic mass is 9.98. The van der Waals surface area contributed by atoms with E-state index in [0.29, 0.717) is 36.4 Å². The molecule has 0 radical (unpaired) electrons. The van der Waals surface area contributed by atoms with Crippen molar-refractivity contribution in [3.05, 3.63) is 52.1 Å². The summed E-state index contributed by atoms with van der Waals surface area (Å²) in [5.74, 6) is 1.30. The number of nitrogens with zero attached hydrogens (tertiary/aromatic N) is 5. The maximum Gasteiger partial charge on any atom is 0.323 e. The summed E-state index contributed by atoms with van der Waals surface area (Å²) < 4.78 is 5.28. The second-order valence-corrected chi connectivity index (χ2v) is 8.12. The van der Waals surface area contributed by atoms with Crippen molar-refractivity contribution in [1.29, 1.82) is 0 Å². The molecule has 1 atom stereocenters. The maximum atomic E-state index is 12.6. The van der Waals surface area contributed by atoms with Crippen LogP contribution in [0.25, 0.3) is 0 Å². The molecule has 146 valence electrons. The van der Waals surface area contributed by atoms with Gasteiger partial charge in [-0.2, -0.15) is 4.98 Å². The van der Waals surface area contributed by atoms with Gasteiger partial charge in [0.25, 0.3) is 0 Å². The van der Waals surface area contributed by atoms with Crippen LogP contribution in [0.3, 0.4) is 0 Å². The van der Waals surface area contributed by atoms with Crippen molar-refractivity contribution < 1.29 is 9.32 Å². The van der Waals surface area contributed by atoms with E-state index in [1.165, 1.54) is 22.5 Å². The van der Waals surface area contributed by atoms with Crippen LogP contribution < -0.4 is 5.32 Å². The summed E-state index contributed by atoms with van der Waals surface area (Å²) in [5, 5.41) is 16.4. The van der Waals surface area contributed by atoms with Crippen LogP contribution in [0.5, 0.6) is 0 Å². The Kier molecular flexibility index (Phi) is 5.34. The van der Waals surface area contributed by atoms with Crippen molar-refractivity contribution in [1.82, 2.24) is 25.2 Å². The number of piperidine rings is 1. The van der Waals surface area contributed by atoms with Crippen LogP contribution in [0.4, 0.5) is 9.93 Å². The highest BCUT2D eigenvalue weighted by Gasteiger charge is 2.28. The minimum atomic E-state index is -0.168. The Balaban J connectivity index is 1.35. The molecule has 0 bridgehead atoms. The van der Waals surface area contributed by atoms with Gasteiger partial charge in [0.05, 0.1) is 5.92 Å². The van der Waals surface area contributed by atoms with E-state index in [1.54, 1.807) is 11.8 Å². The molecule has 9 heteroatoms. The number of hydrogen-bond donors (Lipinski definition) is 1. The summed E-state index contributed by atoms with van der Waals surface area (Å²) in [6, 6.07) is 8.16. The quantitative estimate of drug-likeness (QED) is 0.722. The fourth-order valence-electron chi connectivity index (χ4n) is 3.27. The molecular weight excluding hydrogens is 376 g/mol. The molecule has 2 amide bonds. The average molecular weight is 398 g/mol. The van der Waals surface area contributed by atoms with Crippen molar-refractivity contribution in [3.8, 4) is 0 Å². The fourth-order valence-corrected chi connectivity index (χ4v) is 4.03. The van der Waals surface area contributed by atoms with Gasteiger partial charge >= 0.3 is 6.03 Å². The second-order valence-electron chi connectivity index (χ2n) is 7.06. The number of nitrogens with one attached hydrogen (secondary N) is 1. The van der Waals surface area contributed by atoms with E-state index in [4.69, 9.17) is 4.52 Å². The first kappa shape index (κ1) is 18.5. The summed E-state index contributed by atoms with van der Waals surface area (Å²) >= 11 is 1.40. The molecule has 3 heterocycles. The van der Waals surface area contributed by atoms with Gasteiger partial charge < -0.3 is 9.42 Å². The van der Waals surface area contributed by atoms with Crippen LogP contribution in [0, 0.1) is 13.8 Å². The first-order valence-corrected chi connectivity index (χ1v) is 10.1. The first-order chi connectivity index (χ1) is 13.6. The zero-order chi connectivity index (χ0) is 19.5. The van der Waals surface area contributed by atoms with Crippen LogP contribution >= 0.6 is 11.3 Å². The number of benzene rings is 1. The number of rotatable bonds is 4. The molecule has 0 spiro atoms. The van der Waals surface area contributed by atoms with Gasteiger partial charge in [-0.05, 0) is 32.3 Å². The molecule has 1 aliphatic rings. The molecule has 4 rings (SSSR count). The third-order valence-corrected chi connectivity index (χ3v) is 5.60. The van der Waals surface area contributed by atoms with Crippen LogP contribution in [-0.2, 0) is 6.42 Å².